The monoisotopic (exact) mass is 315 g/mol. The number of hydrogen-bond acceptors (Lipinski definition) is 1. The van der Waals surface area contributed by atoms with Crippen LogP contribution in [0.15, 0.2) is 27.7 Å². The summed E-state index contributed by atoms with van der Waals surface area (Å²) in [5.41, 5.74) is 0. The van der Waals surface area contributed by atoms with Crippen molar-refractivity contribution in [2.24, 2.45) is 4.99 Å². The number of rotatable bonds is 1. The maximum Gasteiger partial charge on any atom is 0.0669 e. The molecule has 0 radical (unpaired) electrons. The van der Waals surface area contributed by atoms with Gasteiger partial charge in [-0.05, 0) is 49.7 Å². The maximum absolute atomic E-state index is 4.43. The highest BCUT2D eigenvalue weighted by Crippen LogP contribution is 2.32. The second kappa shape index (κ2) is 6.05. The molecule has 0 fully saturated rings. The predicted octanol–water partition coefficient (Wildman–Crippen LogP) is 2.95. The van der Waals surface area contributed by atoms with Gasteiger partial charge in [0.1, 0.15) is 0 Å². The molecule has 1 aromatic carbocycles. The molecule has 1 unspecified atom stereocenters. The van der Waals surface area contributed by atoms with Crippen LogP contribution in [0.5, 0.6) is 0 Å². The third-order valence-electron chi connectivity index (χ3n) is 2.65. The zero-order chi connectivity index (χ0) is 13.1. The summed E-state index contributed by atoms with van der Waals surface area (Å²) >= 11 is 3.48. The van der Waals surface area contributed by atoms with Crippen LogP contribution in [0.3, 0.4) is 0 Å². The van der Waals surface area contributed by atoms with Crippen LogP contribution in [-0.4, -0.2) is 30.6 Å². The summed E-state index contributed by atoms with van der Waals surface area (Å²) in [4.78, 5) is 4.43. The van der Waals surface area contributed by atoms with E-state index in [9.17, 15) is 0 Å². The van der Waals surface area contributed by atoms with E-state index in [1.165, 1.54) is 11.0 Å². The highest BCUT2D eigenvalue weighted by molar-refractivity contribution is 9.10. The fourth-order valence-electron chi connectivity index (χ4n) is 1.30. The number of fused-ring (bicyclic) bond motifs is 1. The van der Waals surface area contributed by atoms with Gasteiger partial charge in [0, 0.05) is 9.69 Å². The van der Waals surface area contributed by atoms with Crippen molar-refractivity contribution in [2.45, 2.75) is 19.9 Å². The van der Waals surface area contributed by atoms with E-state index in [4.69, 9.17) is 0 Å². The minimum absolute atomic E-state index is 0.162. The Hall–Kier alpha value is -0.280. The van der Waals surface area contributed by atoms with Crippen LogP contribution in [0.4, 0.5) is 0 Å². The van der Waals surface area contributed by atoms with Crippen LogP contribution in [0.1, 0.15) is 13.8 Å². The van der Waals surface area contributed by atoms with Crippen LogP contribution in [0.2, 0.25) is 0 Å². The summed E-state index contributed by atoms with van der Waals surface area (Å²) in [5, 5.41) is 2.34. The molecule has 1 nitrogen and oxygen atoms in total. The van der Waals surface area contributed by atoms with Crippen molar-refractivity contribution in [3.05, 3.63) is 33.2 Å². The molecule has 0 spiro atoms. The molecule has 0 amide bonds. The normalized spacial score (nSPS) is 18.4. The average Bonchev–Trinajstić information content (AvgIpc) is 2.60. The molecule has 3 heteroatoms. The lowest BCUT2D eigenvalue weighted by Gasteiger charge is -2.21. The fraction of sp³-hybridized carbons (Fsp3) is 0.500. The molecule has 1 aliphatic rings. The molecule has 0 aromatic heterocycles. The third-order valence-corrected chi connectivity index (χ3v) is 5.07. The number of halogens is 1. The Labute approximate surface area is 114 Å². The van der Waals surface area contributed by atoms with Gasteiger partial charge < -0.3 is 0 Å². The molecule has 17 heavy (non-hydrogen) atoms. The molecular weight excluding hydrogens is 294 g/mol. The summed E-state index contributed by atoms with van der Waals surface area (Å²) in [5.74, 6) is 1.35. The molecule has 0 bridgehead atoms. The van der Waals surface area contributed by atoms with Gasteiger partial charge in [-0.25, -0.2) is 10.0 Å². The molecule has 1 aliphatic heterocycles. The topological polar surface area (TPSA) is 12.4 Å². The summed E-state index contributed by atoms with van der Waals surface area (Å²) in [6.07, 6.45) is 9.15. The summed E-state index contributed by atoms with van der Waals surface area (Å²) in [7, 11) is -0.162. The van der Waals surface area contributed by atoms with E-state index < -0.39 is 0 Å². The second-order valence-electron chi connectivity index (χ2n) is 5.09. The number of hydrogen-bond donors (Lipinski definition) is 0. The Morgan fingerprint density at radius 2 is 1.88 bits per heavy atom. The van der Waals surface area contributed by atoms with Crippen LogP contribution in [-0.2, 0) is 0 Å². The van der Waals surface area contributed by atoms with Gasteiger partial charge in [0.25, 0.3) is 0 Å². The zero-order valence-corrected chi connectivity index (χ0v) is 13.7. The van der Waals surface area contributed by atoms with Gasteiger partial charge in [0.15, 0.2) is 0 Å². The fourth-order valence-corrected chi connectivity index (χ4v) is 1.79. The standard InChI is InChI=1S/C9H8BrN.C5H14S/c1-6-5-7-8(10)3-2-4-9(7)11-6;1-5-6(2,3)4/h2-6H,1H3;5H2,1-4H3. The molecular formula is C14H22BrNS. The molecule has 1 heterocycles. The van der Waals surface area contributed by atoms with Crippen molar-refractivity contribution < 1.29 is 0 Å². The van der Waals surface area contributed by atoms with Crippen molar-refractivity contribution >= 4 is 32.0 Å². The van der Waals surface area contributed by atoms with Crippen LogP contribution >= 0.6 is 26.0 Å². The third kappa shape index (κ3) is 4.84. The SMILES string of the molecule is CC1C=c2c(Br)cccc2=N1.CCS(C)(C)C. The van der Waals surface area contributed by atoms with Crippen molar-refractivity contribution in [3.63, 3.8) is 0 Å². The van der Waals surface area contributed by atoms with Gasteiger partial charge in [-0.3, -0.25) is 4.99 Å². The Morgan fingerprint density at radius 3 is 2.35 bits per heavy atom. The average molecular weight is 316 g/mol. The minimum Gasteiger partial charge on any atom is -0.278 e. The van der Waals surface area contributed by atoms with E-state index >= 15 is 0 Å². The van der Waals surface area contributed by atoms with Crippen LogP contribution in [0.25, 0.3) is 6.08 Å². The first-order valence-corrected chi connectivity index (χ1v) is 9.65. The molecule has 0 saturated carbocycles. The minimum atomic E-state index is -0.162. The lowest BCUT2D eigenvalue weighted by molar-refractivity contribution is 0.955. The largest absolute Gasteiger partial charge is 0.278 e. The molecule has 1 atom stereocenters. The van der Waals surface area contributed by atoms with E-state index in [1.807, 2.05) is 18.2 Å². The molecule has 0 aliphatic carbocycles. The molecule has 2 rings (SSSR count). The molecule has 0 N–H and O–H groups in total. The number of nitrogens with zero attached hydrogens (tertiary/aromatic N) is 1. The van der Waals surface area contributed by atoms with Crippen molar-refractivity contribution in [1.82, 2.24) is 0 Å². The van der Waals surface area contributed by atoms with Crippen molar-refractivity contribution in [1.29, 1.82) is 0 Å². The first kappa shape index (κ1) is 14.8. The first-order valence-electron chi connectivity index (χ1n) is 5.83. The van der Waals surface area contributed by atoms with E-state index in [-0.39, 0.29) is 10.0 Å². The Morgan fingerprint density at radius 1 is 1.29 bits per heavy atom. The summed E-state index contributed by atoms with van der Waals surface area (Å²) in [6, 6.07) is 6.44. The van der Waals surface area contributed by atoms with Gasteiger partial charge in [0.05, 0.1) is 11.4 Å². The van der Waals surface area contributed by atoms with Crippen LogP contribution in [0, 0.1) is 0 Å². The molecule has 1 aromatic rings. The maximum atomic E-state index is 4.43. The Kier molecular flexibility index (Phi) is 5.26. The van der Waals surface area contributed by atoms with Gasteiger partial charge in [-0.15, -0.1) is 0 Å². The lowest BCUT2D eigenvalue weighted by atomic mass is 10.2. The highest BCUT2D eigenvalue weighted by Gasteiger charge is 2.03. The first-order chi connectivity index (χ1) is 7.83. The zero-order valence-electron chi connectivity index (χ0n) is 11.3. The smallest absolute Gasteiger partial charge is 0.0669 e. The summed E-state index contributed by atoms with van der Waals surface area (Å²) in [6.45, 7) is 4.34. The van der Waals surface area contributed by atoms with Crippen LogP contribution < -0.4 is 10.6 Å². The van der Waals surface area contributed by atoms with Gasteiger partial charge in [-0.2, -0.15) is 0 Å². The van der Waals surface area contributed by atoms with E-state index in [1.54, 1.807) is 0 Å². The van der Waals surface area contributed by atoms with Gasteiger partial charge in [-0.1, -0.05) is 28.9 Å². The Balaban J connectivity index is 0.000000209. The van der Waals surface area contributed by atoms with E-state index in [0.29, 0.717) is 6.04 Å². The highest BCUT2D eigenvalue weighted by atomic mass is 79.9. The van der Waals surface area contributed by atoms with Crippen molar-refractivity contribution in [2.75, 3.05) is 24.5 Å². The second-order valence-corrected chi connectivity index (χ2v) is 10.7. The van der Waals surface area contributed by atoms with Gasteiger partial charge >= 0.3 is 0 Å². The Bertz CT molecular complexity index is 488. The quantitative estimate of drug-likeness (QED) is 0.755. The molecule has 0 saturated heterocycles. The van der Waals surface area contributed by atoms with Crippen molar-refractivity contribution in [3.8, 4) is 0 Å². The number of benzene rings is 1. The molecule has 96 valence electrons. The van der Waals surface area contributed by atoms with Gasteiger partial charge in [0.2, 0.25) is 0 Å². The van der Waals surface area contributed by atoms with E-state index in [0.717, 1.165) is 9.83 Å². The lowest BCUT2D eigenvalue weighted by Crippen LogP contribution is -2.21. The van der Waals surface area contributed by atoms with E-state index in [2.05, 4.69) is 59.6 Å². The predicted molar refractivity (Wildman–Crippen MR) is 84.8 cm³/mol. The summed E-state index contributed by atoms with van der Waals surface area (Å²) < 4.78 is 1.14.